The van der Waals surface area contributed by atoms with Gasteiger partial charge in [0.1, 0.15) is 31.0 Å². The number of rotatable bonds is 14. The molecule has 0 saturated heterocycles. The lowest BCUT2D eigenvalue weighted by Crippen LogP contribution is -2.57. The molecule has 0 saturated carbocycles. The van der Waals surface area contributed by atoms with E-state index in [0.717, 1.165) is 4.31 Å². The number of nitrogens with zero attached hydrogens (tertiary/aromatic N) is 1. The molecule has 0 bridgehead atoms. The van der Waals surface area contributed by atoms with Crippen molar-refractivity contribution in [2.24, 2.45) is 0 Å². The maximum atomic E-state index is 13.8. The van der Waals surface area contributed by atoms with E-state index in [-0.39, 0.29) is 61.2 Å². The van der Waals surface area contributed by atoms with E-state index < -0.39 is 51.0 Å². The van der Waals surface area contributed by atoms with Crippen LogP contribution in [-0.2, 0) is 48.5 Å². The molecule has 0 spiro atoms. The van der Waals surface area contributed by atoms with Crippen LogP contribution in [0.2, 0.25) is 10.0 Å². The van der Waals surface area contributed by atoms with Crippen LogP contribution in [-0.4, -0.2) is 79.5 Å². The zero-order valence-electron chi connectivity index (χ0n) is 26.3. The summed E-state index contributed by atoms with van der Waals surface area (Å²) < 4.78 is 59.7. The van der Waals surface area contributed by atoms with Crippen molar-refractivity contribution >= 4 is 62.1 Å². The lowest BCUT2D eigenvalue weighted by molar-refractivity contribution is -0.140. The number of Topliss-reactive ketones (excluding diaryl/α,β-unsaturated/α-hetero) is 1. The molecule has 0 aliphatic carbocycles. The zero-order valence-corrected chi connectivity index (χ0v) is 29.4. The Bertz CT molecular complexity index is 1850. The van der Waals surface area contributed by atoms with Gasteiger partial charge in [-0.15, -0.1) is 0 Å². The molecule has 3 unspecified atom stereocenters. The Kier molecular flexibility index (Phi) is 12.2. The SMILES string of the molecule is CCN1C(C(=O)NC(Cc2ccccc2)C(=O)C(=O)NCCCNS(=O)Oc2ccc(Cl)c(Cl)c2)Cc2cc3c(cc2S1(=O)=O)OCCO3. The zero-order chi connectivity index (χ0) is 35.1. The minimum atomic E-state index is -4.11. The van der Waals surface area contributed by atoms with Gasteiger partial charge in [-0.3, -0.25) is 14.4 Å². The van der Waals surface area contributed by atoms with Crippen LogP contribution in [0, 0.1) is 0 Å². The van der Waals surface area contributed by atoms with Crippen molar-refractivity contribution in [3.05, 3.63) is 81.8 Å². The molecule has 17 heteroatoms. The molecule has 49 heavy (non-hydrogen) atoms. The van der Waals surface area contributed by atoms with Gasteiger partial charge in [0.2, 0.25) is 21.7 Å². The maximum absolute atomic E-state index is 13.8. The third-order valence-electron chi connectivity index (χ3n) is 7.75. The summed E-state index contributed by atoms with van der Waals surface area (Å²) in [5.74, 6) is -1.62. The van der Waals surface area contributed by atoms with Crippen LogP contribution in [0.5, 0.6) is 17.2 Å². The van der Waals surface area contributed by atoms with E-state index in [1.165, 1.54) is 24.3 Å². The first-order valence-corrected chi connectivity index (χ1v) is 18.6. The normalized spacial score (nSPS) is 17.7. The molecule has 3 aromatic carbocycles. The van der Waals surface area contributed by atoms with E-state index in [9.17, 15) is 27.0 Å². The second-order valence-corrected chi connectivity index (χ2v) is 14.6. The van der Waals surface area contributed by atoms with Gasteiger partial charge in [0.15, 0.2) is 11.5 Å². The molecular formula is C32H34Cl2N4O9S2. The number of fused-ring (bicyclic) bond motifs is 2. The van der Waals surface area contributed by atoms with E-state index >= 15 is 0 Å². The Balaban J connectivity index is 1.22. The van der Waals surface area contributed by atoms with E-state index in [1.807, 2.05) is 0 Å². The highest BCUT2D eigenvalue weighted by molar-refractivity contribution is 7.89. The predicted octanol–water partition coefficient (Wildman–Crippen LogP) is 2.75. The van der Waals surface area contributed by atoms with E-state index in [0.29, 0.717) is 34.3 Å². The van der Waals surface area contributed by atoms with Gasteiger partial charge in [0.05, 0.1) is 14.9 Å². The molecule has 5 rings (SSSR count). The summed E-state index contributed by atoms with van der Waals surface area (Å²) >= 11 is 9.90. The highest BCUT2D eigenvalue weighted by atomic mass is 35.5. The number of nitrogens with one attached hydrogen (secondary N) is 3. The number of hydrogen-bond donors (Lipinski definition) is 3. The van der Waals surface area contributed by atoms with Gasteiger partial charge in [-0.25, -0.2) is 13.1 Å². The van der Waals surface area contributed by atoms with Crippen molar-refractivity contribution < 1.29 is 40.7 Å². The number of ketones is 1. The summed E-state index contributed by atoms with van der Waals surface area (Å²) in [5.41, 5.74) is 1.06. The Labute approximate surface area is 296 Å². The monoisotopic (exact) mass is 752 g/mol. The fraction of sp³-hybridized carbons (Fsp3) is 0.344. The summed E-state index contributed by atoms with van der Waals surface area (Å²) in [7, 11) is -4.11. The van der Waals surface area contributed by atoms with Crippen LogP contribution in [0.15, 0.2) is 65.6 Å². The number of benzene rings is 3. The molecule has 3 atom stereocenters. The highest BCUT2D eigenvalue weighted by Crippen LogP contribution is 2.39. The standard InChI is InChI=1S/C32H34Cl2N4O9S2/c1-2-38-26(16-21-17-27-28(46-14-13-45-27)19-29(21)49(38,43)44)31(40)37-25(15-20-7-4-3-5-8-20)30(39)32(41)35-11-6-12-36-48(42)47-22-9-10-23(33)24(34)18-22/h3-5,7-10,17-19,25-26,36H,2,6,11-16H2,1H3,(H,35,41)(H,37,40). The molecule has 3 aromatic rings. The Morgan fingerprint density at radius 3 is 2.41 bits per heavy atom. The van der Waals surface area contributed by atoms with Crippen LogP contribution >= 0.6 is 23.2 Å². The predicted molar refractivity (Wildman–Crippen MR) is 182 cm³/mol. The third kappa shape index (κ3) is 8.90. The highest BCUT2D eigenvalue weighted by Gasteiger charge is 2.43. The number of ether oxygens (including phenoxy) is 2. The van der Waals surface area contributed by atoms with Gasteiger partial charge < -0.3 is 24.3 Å². The van der Waals surface area contributed by atoms with Gasteiger partial charge in [-0.1, -0.05) is 60.5 Å². The molecule has 13 nitrogen and oxygen atoms in total. The van der Waals surface area contributed by atoms with Crippen molar-refractivity contribution in [1.82, 2.24) is 19.7 Å². The molecule has 0 radical (unpaired) electrons. The molecular weight excluding hydrogens is 719 g/mol. The van der Waals surface area contributed by atoms with Gasteiger partial charge in [0, 0.05) is 38.2 Å². The Hall–Kier alpha value is -3.73. The first kappa shape index (κ1) is 36.5. The smallest absolute Gasteiger partial charge is 0.289 e. The molecule has 2 amide bonds. The number of sulfonamides is 1. The minimum Gasteiger partial charge on any atom is -0.486 e. The van der Waals surface area contributed by atoms with Crippen LogP contribution in [0.3, 0.4) is 0 Å². The number of hydrogen-bond acceptors (Lipinski definition) is 9. The van der Waals surface area contributed by atoms with Crippen molar-refractivity contribution in [3.63, 3.8) is 0 Å². The summed E-state index contributed by atoms with van der Waals surface area (Å²) in [6.07, 6.45) is 0.299. The fourth-order valence-corrected chi connectivity index (χ4v) is 8.16. The number of halogens is 2. The topological polar surface area (TPSA) is 169 Å². The quantitative estimate of drug-likeness (QED) is 0.166. The Morgan fingerprint density at radius 1 is 1.00 bits per heavy atom. The molecule has 3 N–H and O–H groups in total. The van der Waals surface area contributed by atoms with Crippen molar-refractivity contribution in [3.8, 4) is 17.2 Å². The second kappa shape index (κ2) is 16.3. The van der Waals surface area contributed by atoms with Crippen LogP contribution in [0.4, 0.5) is 0 Å². The third-order valence-corrected chi connectivity index (χ3v) is 11.3. The number of amides is 2. The van der Waals surface area contributed by atoms with Crippen LogP contribution in [0.1, 0.15) is 24.5 Å². The van der Waals surface area contributed by atoms with Crippen molar-refractivity contribution in [2.75, 3.05) is 32.8 Å². The van der Waals surface area contributed by atoms with Crippen LogP contribution in [0.25, 0.3) is 0 Å². The largest absolute Gasteiger partial charge is 0.486 e. The summed E-state index contributed by atoms with van der Waals surface area (Å²) in [6, 6.07) is 13.8. The average molecular weight is 754 g/mol. The molecule has 0 fully saturated rings. The lowest BCUT2D eigenvalue weighted by atomic mass is 9.99. The molecule has 262 valence electrons. The molecule has 2 aliphatic rings. The first-order valence-electron chi connectivity index (χ1n) is 15.4. The molecule has 2 heterocycles. The lowest BCUT2D eigenvalue weighted by Gasteiger charge is -2.35. The van der Waals surface area contributed by atoms with Gasteiger partial charge in [-0.2, -0.15) is 8.51 Å². The number of likely N-dealkylation sites (N-methyl/N-ethyl adjacent to an activating group) is 1. The Morgan fingerprint density at radius 2 is 1.71 bits per heavy atom. The average Bonchev–Trinajstić information content (AvgIpc) is 3.08. The fourth-order valence-electron chi connectivity index (χ4n) is 5.39. The second-order valence-electron chi connectivity index (χ2n) is 11.0. The van der Waals surface area contributed by atoms with E-state index in [4.69, 9.17) is 36.9 Å². The first-order chi connectivity index (χ1) is 23.5. The summed E-state index contributed by atoms with van der Waals surface area (Å²) in [5, 5.41) is 5.75. The number of carbonyl (C=O) groups is 3. The summed E-state index contributed by atoms with van der Waals surface area (Å²) in [4.78, 5) is 40.2. The number of carbonyl (C=O) groups excluding carboxylic acids is 3. The van der Waals surface area contributed by atoms with Crippen molar-refractivity contribution in [1.29, 1.82) is 0 Å². The van der Waals surface area contributed by atoms with Crippen molar-refractivity contribution in [2.45, 2.75) is 43.2 Å². The minimum absolute atomic E-state index is 0.00765. The van der Waals surface area contributed by atoms with Gasteiger partial charge in [-0.05, 0) is 42.2 Å². The maximum Gasteiger partial charge on any atom is 0.289 e. The van der Waals surface area contributed by atoms with E-state index in [2.05, 4.69) is 15.4 Å². The van der Waals surface area contributed by atoms with Gasteiger partial charge >= 0.3 is 0 Å². The summed E-state index contributed by atoms with van der Waals surface area (Å²) in [6.45, 7) is 2.41. The van der Waals surface area contributed by atoms with Gasteiger partial charge in [0.25, 0.3) is 17.2 Å². The van der Waals surface area contributed by atoms with E-state index in [1.54, 1.807) is 43.3 Å². The molecule has 0 aromatic heterocycles. The molecule has 2 aliphatic heterocycles. The van der Waals surface area contributed by atoms with Crippen LogP contribution < -0.4 is 29.0 Å².